The Hall–Kier alpha value is -2.08. The fraction of sp³-hybridized carbons (Fsp3) is 0.316. The first-order chi connectivity index (χ1) is 12.2. The maximum Gasteiger partial charge on any atom is 0.137 e. The zero-order valence-electron chi connectivity index (χ0n) is 14.1. The fourth-order valence-corrected chi connectivity index (χ4v) is 3.28. The van der Waals surface area contributed by atoms with Crippen molar-refractivity contribution in [3.8, 4) is 17.0 Å². The van der Waals surface area contributed by atoms with Crippen LogP contribution in [0.1, 0.15) is 5.69 Å². The molecule has 1 aliphatic rings. The van der Waals surface area contributed by atoms with Crippen LogP contribution < -0.4 is 4.74 Å². The number of hydrogen-bond acceptors (Lipinski definition) is 4. The van der Waals surface area contributed by atoms with E-state index in [0.29, 0.717) is 0 Å². The average molecular weight is 358 g/mol. The van der Waals surface area contributed by atoms with Crippen molar-refractivity contribution in [3.05, 3.63) is 53.3 Å². The number of morpholine rings is 1. The Morgan fingerprint density at radius 2 is 1.88 bits per heavy atom. The van der Waals surface area contributed by atoms with E-state index < -0.39 is 0 Å². The lowest BCUT2D eigenvalue weighted by Gasteiger charge is -2.26. The standard InChI is InChI=1S/C19H20ClN3O2/c1-24-16-6-7-18-21-19(14-2-4-15(20)5-3-14)17(23(18)12-16)13-22-8-10-25-11-9-22/h2-7,12H,8-11,13H2,1H3. The zero-order chi connectivity index (χ0) is 17.2. The first kappa shape index (κ1) is 16.4. The maximum absolute atomic E-state index is 6.05. The number of pyridine rings is 1. The Labute approximate surface area is 151 Å². The molecule has 3 aromatic rings. The highest BCUT2D eigenvalue weighted by atomic mass is 35.5. The summed E-state index contributed by atoms with van der Waals surface area (Å²) in [5.41, 5.74) is 4.11. The van der Waals surface area contributed by atoms with Gasteiger partial charge in [-0.1, -0.05) is 23.7 Å². The topological polar surface area (TPSA) is 39.0 Å². The van der Waals surface area contributed by atoms with Gasteiger partial charge in [-0.3, -0.25) is 9.30 Å². The highest BCUT2D eigenvalue weighted by molar-refractivity contribution is 6.30. The molecule has 130 valence electrons. The van der Waals surface area contributed by atoms with Crippen LogP contribution in [0.3, 0.4) is 0 Å². The van der Waals surface area contributed by atoms with Crippen LogP contribution in [-0.2, 0) is 11.3 Å². The van der Waals surface area contributed by atoms with Gasteiger partial charge in [-0.25, -0.2) is 4.98 Å². The molecule has 0 aliphatic carbocycles. The van der Waals surface area contributed by atoms with Crippen molar-refractivity contribution < 1.29 is 9.47 Å². The molecule has 0 unspecified atom stereocenters. The normalized spacial score (nSPS) is 15.6. The first-order valence-electron chi connectivity index (χ1n) is 8.35. The number of imidazole rings is 1. The number of ether oxygens (including phenoxy) is 2. The zero-order valence-corrected chi connectivity index (χ0v) is 14.9. The van der Waals surface area contributed by atoms with E-state index in [2.05, 4.69) is 9.30 Å². The highest BCUT2D eigenvalue weighted by Gasteiger charge is 2.19. The molecule has 0 bridgehead atoms. The third-order valence-electron chi connectivity index (χ3n) is 4.52. The predicted octanol–water partition coefficient (Wildman–Crippen LogP) is 3.50. The Kier molecular flexibility index (Phi) is 4.61. The van der Waals surface area contributed by atoms with E-state index in [9.17, 15) is 0 Å². The van der Waals surface area contributed by atoms with Crippen molar-refractivity contribution in [2.75, 3.05) is 33.4 Å². The summed E-state index contributed by atoms with van der Waals surface area (Å²) in [4.78, 5) is 7.25. The molecule has 0 radical (unpaired) electrons. The monoisotopic (exact) mass is 357 g/mol. The van der Waals surface area contributed by atoms with Gasteiger partial charge >= 0.3 is 0 Å². The molecule has 4 rings (SSSR count). The van der Waals surface area contributed by atoms with E-state index >= 15 is 0 Å². The Morgan fingerprint density at radius 3 is 2.60 bits per heavy atom. The minimum absolute atomic E-state index is 0.726. The van der Waals surface area contributed by atoms with Gasteiger partial charge in [0.15, 0.2) is 0 Å². The molecule has 1 fully saturated rings. The highest BCUT2D eigenvalue weighted by Crippen LogP contribution is 2.28. The second-order valence-corrected chi connectivity index (χ2v) is 6.54. The van der Waals surface area contributed by atoms with Crippen molar-refractivity contribution in [2.24, 2.45) is 0 Å². The van der Waals surface area contributed by atoms with Crippen molar-refractivity contribution in [3.63, 3.8) is 0 Å². The van der Waals surface area contributed by atoms with Gasteiger partial charge in [0.1, 0.15) is 11.4 Å². The summed E-state index contributed by atoms with van der Waals surface area (Å²) in [6, 6.07) is 11.8. The average Bonchev–Trinajstić information content (AvgIpc) is 3.01. The van der Waals surface area contributed by atoms with E-state index in [-0.39, 0.29) is 0 Å². The number of fused-ring (bicyclic) bond motifs is 1. The van der Waals surface area contributed by atoms with Crippen LogP contribution >= 0.6 is 11.6 Å². The van der Waals surface area contributed by atoms with Gasteiger partial charge in [-0.05, 0) is 24.3 Å². The Balaban J connectivity index is 1.82. The van der Waals surface area contributed by atoms with Crippen molar-refractivity contribution in [1.29, 1.82) is 0 Å². The van der Waals surface area contributed by atoms with Gasteiger partial charge in [-0.2, -0.15) is 0 Å². The van der Waals surface area contributed by atoms with Crippen molar-refractivity contribution in [1.82, 2.24) is 14.3 Å². The first-order valence-corrected chi connectivity index (χ1v) is 8.73. The smallest absolute Gasteiger partial charge is 0.137 e. The summed E-state index contributed by atoms with van der Waals surface area (Å²) < 4.78 is 13.0. The molecule has 5 nitrogen and oxygen atoms in total. The Bertz CT molecular complexity index is 870. The van der Waals surface area contributed by atoms with Crippen LogP contribution in [0.4, 0.5) is 0 Å². The van der Waals surface area contributed by atoms with Crippen molar-refractivity contribution >= 4 is 17.2 Å². The van der Waals surface area contributed by atoms with Gasteiger partial charge in [-0.15, -0.1) is 0 Å². The molecule has 3 heterocycles. The summed E-state index contributed by atoms with van der Waals surface area (Å²) in [6.07, 6.45) is 2.00. The van der Waals surface area contributed by atoms with Crippen LogP contribution in [0.5, 0.6) is 5.75 Å². The number of hydrogen-bond donors (Lipinski definition) is 0. The molecule has 2 aromatic heterocycles. The quantitative estimate of drug-likeness (QED) is 0.716. The number of benzene rings is 1. The molecule has 0 atom stereocenters. The Morgan fingerprint density at radius 1 is 1.12 bits per heavy atom. The summed E-state index contributed by atoms with van der Waals surface area (Å²) in [7, 11) is 1.68. The third kappa shape index (κ3) is 3.35. The summed E-state index contributed by atoms with van der Waals surface area (Å²) in [5, 5.41) is 0.726. The largest absolute Gasteiger partial charge is 0.495 e. The molecule has 0 amide bonds. The van der Waals surface area contributed by atoms with E-state index in [1.54, 1.807) is 7.11 Å². The number of nitrogens with zero attached hydrogens (tertiary/aromatic N) is 3. The molecule has 1 saturated heterocycles. The number of aromatic nitrogens is 2. The number of methoxy groups -OCH3 is 1. The molecule has 6 heteroatoms. The molecule has 1 aliphatic heterocycles. The lowest BCUT2D eigenvalue weighted by atomic mass is 10.1. The summed E-state index contributed by atoms with van der Waals surface area (Å²) in [6.45, 7) is 4.22. The number of halogens is 1. The third-order valence-corrected chi connectivity index (χ3v) is 4.77. The fourth-order valence-electron chi connectivity index (χ4n) is 3.16. The van der Waals surface area contributed by atoms with Crippen LogP contribution in [0.2, 0.25) is 5.02 Å². The molecule has 25 heavy (non-hydrogen) atoms. The molecule has 0 saturated carbocycles. The lowest BCUT2D eigenvalue weighted by Crippen LogP contribution is -2.36. The summed E-state index contributed by atoms with van der Waals surface area (Å²) >= 11 is 6.05. The van der Waals surface area contributed by atoms with Gasteiger partial charge in [0.25, 0.3) is 0 Å². The van der Waals surface area contributed by atoms with Gasteiger partial charge in [0, 0.05) is 30.2 Å². The number of rotatable bonds is 4. The second kappa shape index (κ2) is 7.04. The minimum atomic E-state index is 0.726. The molecule has 0 N–H and O–H groups in total. The van der Waals surface area contributed by atoms with Crippen LogP contribution in [0.25, 0.3) is 16.9 Å². The molecule has 1 aromatic carbocycles. The minimum Gasteiger partial charge on any atom is -0.495 e. The van der Waals surface area contributed by atoms with Gasteiger partial charge < -0.3 is 9.47 Å². The van der Waals surface area contributed by atoms with Gasteiger partial charge in [0.2, 0.25) is 0 Å². The lowest BCUT2D eigenvalue weighted by molar-refractivity contribution is 0.0336. The van der Waals surface area contributed by atoms with Crippen LogP contribution in [0.15, 0.2) is 42.6 Å². The van der Waals surface area contributed by atoms with Gasteiger partial charge in [0.05, 0.1) is 37.9 Å². The van der Waals surface area contributed by atoms with E-state index in [1.165, 1.54) is 0 Å². The summed E-state index contributed by atoms with van der Waals surface area (Å²) in [5.74, 6) is 0.816. The predicted molar refractivity (Wildman–Crippen MR) is 98.3 cm³/mol. The molecular weight excluding hydrogens is 338 g/mol. The van der Waals surface area contributed by atoms with Crippen molar-refractivity contribution in [2.45, 2.75) is 6.54 Å². The van der Waals surface area contributed by atoms with E-state index in [4.69, 9.17) is 26.1 Å². The maximum atomic E-state index is 6.05. The molecule has 0 spiro atoms. The second-order valence-electron chi connectivity index (χ2n) is 6.10. The van der Waals surface area contributed by atoms with Crippen LogP contribution in [-0.4, -0.2) is 47.7 Å². The van der Waals surface area contributed by atoms with E-state index in [1.807, 2.05) is 42.6 Å². The van der Waals surface area contributed by atoms with E-state index in [0.717, 1.165) is 66.2 Å². The SMILES string of the molecule is COc1ccc2nc(-c3ccc(Cl)cc3)c(CN3CCOCC3)n2c1. The molecular formula is C19H20ClN3O2. The van der Waals surface area contributed by atoms with Crippen LogP contribution in [0, 0.1) is 0 Å².